The van der Waals surface area contributed by atoms with E-state index in [-0.39, 0.29) is 5.78 Å². The lowest BCUT2D eigenvalue weighted by Crippen LogP contribution is -2.03. The molecular formula is C16H16N2O2S. The summed E-state index contributed by atoms with van der Waals surface area (Å²) in [5, 5.41) is 7.46. The molecule has 21 heavy (non-hydrogen) atoms. The molecule has 3 rings (SSSR count). The minimum absolute atomic E-state index is 0.0785. The van der Waals surface area contributed by atoms with E-state index in [1.54, 1.807) is 13.2 Å². The number of nitrogens with zero attached hydrogens (tertiary/aromatic N) is 2. The highest BCUT2D eigenvalue weighted by Gasteiger charge is 2.16. The topological polar surface area (TPSA) is 44.1 Å². The van der Waals surface area contributed by atoms with Crippen LogP contribution in [0.15, 0.2) is 35.7 Å². The Morgan fingerprint density at radius 3 is 2.90 bits per heavy atom. The summed E-state index contributed by atoms with van der Waals surface area (Å²) in [6.07, 6.45) is 0.317. The number of ether oxygens (including phenoxy) is 1. The largest absolute Gasteiger partial charge is 0.496 e. The van der Waals surface area contributed by atoms with Crippen molar-refractivity contribution in [2.45, 2.75) is 19.9 Å². The van der Waals surface area contributed by atoms with E-state index in [9.17, 15) is 4.79 Å². The van der Waals surface area contributed by atoms with Crippen LogP contribution >= 0.6 is 11.3 Å². The minimum atomic E-state index is 0.0785. The Kier molecular flexibility index (Phi) is 3.75. The average molecular weight is 300 g/mol. The number of methoxy groups -OCH3 is 1. The maximum atomic E-state index is 12.4. The Hall–Kier alpha value is -2.14. The summed E-state index contributed by atoms with van der Waals surface area (Å²) in [4.78, 5) is 13.1. The molecule has 0 N–H and O–H groups in total. The molecule has 0 radical (unpaired) electrons. The van der Waals surface area contributed by atoms with Gasteiger partial charge in [0.1, 0.15) is 5.75 Å². The van der Waals surface area contributed by atoms with Crippen LogP contribution in [-0.4, -0.2) is 22.7 Å². The SMILES string of the molecule is CCn1nc(CC(=O)c2cc(OC)cs2)c2ccccc21. The number of rotatable bonds is 5. The standard InChI is InChI=1S/C16H16N2O2S/c1-3-18-14-7-5-4-6-12(14)13(17-18)9-15(19)16-8-11(20-2)10-21-16/h4-8,10H,3,9H2,1-2H3. The molecule has 2 heterocycles. The van der Waals surface area contributed by atoms with E-state index in [1.807, 2.05) is 34.3 Å². The molecule has 2 aromatic heterocycles. The first kappa shape index (κ1) is 13.8. The molecule has 0 atom stereocenters. The van der Waals surface area contributed by atoms with Crippen molar-refractivity contribution in [3.8, 4) is 5.75 Å². The monoisotopic (exact) mass is 300 g/mol. The number of Topliss-reactive ketones (excluding diaryl/α,β-unsaturated/α-hetero) is 1. The number of ketones is 1. The van der Waals surface area contributed by atoms with Gasteiger partial charge in [-0.05, 0) is 13.0 Å². The first-order chi connectivity index (χ1) is 10.2. The number of para-hydroxylation sites is 1. The van der Waals surface area contributed by atoms with Crippen LogP contribution in [0.4, 0.5) is 0 Å². The summed E-state index contributed by atoms with van der Waals surface area (Å²) in [5.74, 6) is 0.808. The first-order valence-electron chi connectivity index (χ1n) is 6.83. The maximum absolute atomic E-state index is 12.4. The summed E-state index contributed by atoms with van der Waals surface area (Å²) in [6.45, 7) is 2.84. The van der Waals surface area contributed by atoms with Gasteiger partial charge in [-0.1, -0.05) is 18.2 Å². The molecule has 0 fully saturated rings. The molecule has 3 aromatic rings. The minimum Gasteiger partial charge on any atom is -0.496 e. The highest BCUT2D eigenvalue weighted by atomic mass is 32.1. The van der Waals surface area contributed by atoms with Crippen molar-refractivity contribution >= 4 is 28.0 Å². The van der Waals surface area contributed by atoms with Gasteiger partial charge in [0.05, 0.1) is 29.6 Å². The van der Waals surface area contributed by atoms with Crippen molar-refractivity contribution in [3.63, 3.8) is 0 Å². The fraction of sp³-hybridized carbons (Fsp3) is 0.250. The molecule has 0 spiro atoms. The Morgan fingerprint density at radius 2 is 2.19 bits per heavy atom. The van der Waals surface area contributed by atoms with E-state index in [4.69, 9.17) is 4.74 Å². The lowest BCUT2D eigenvalue weighted by Gasteiger charge is -1.96. The molecule has 0 aliphatic rings. The molecule has 5 heteroatoms. The van der Waals surface area contributed by atoms with Gasteiger partial charge in [0, 0.05) is 23.4 Å². The number of benzene rings is 1. The zero-order valence-corrected chi connectivity index (χ0v) is 12.8. The van der Waals surface area contributed by atoms with Crippen molar-refractivity contribution in [1.82, 2.24) is 9.78 Å². The molecular weight excluding hydrogens is 284 g/mol. The van der Waals surface area contributed by atoms with Crippen LogP contribution in [0.25, 0.3) is 10.9 Å². The third-order valence-corrected chi connectivity index (χ3v) is 4.40. The Morgan fingerprint density at radius 1 is 1.38 bits per heavy atom. The molecule has 0 saturated carbocycles. The summed E-state index contributed by atoms with van der Waals surface area (Å²) >= 11 is 1.41. The fourth-order valence-electron chi connectivity index (χ4n) is 2.38. The Labute approximate surface area is 127 Å². The van der Waals surface area contributed by atoms with Crippen molar-refractivity contribution in [2.24, 2.45) is 0 Å². The number of carbonyl (C=O) groups is 1. The Bertz CT molecular complexity index is 789. The second-order valence-electron chi connectivity index (χ2n) is 4.73. The van der Waals surface area contributed by atoms with Gasteiger partial charge >= 0.3 is 0 Å². The predicted octanol–water partition coefficient (Wildman–Crippen LogP) is 3.55. The van der Waals surface area contributed by atoms with E-state index < -0.39 is 0 Å². The molecule has 0 unspecified atom stereocenters. The van der Waals surface area contributed by atoms with Crippen molar-refractivity contribution < 1.29 is 9.53 Å². The third kappa shape index (κ3) is 2.56. The zero-order valence-electron chi connectivity index (χ0n) is 12.0. The number of fused-ring (bicyclic) bond motifs is 1. The molecule has 108 valence electrons. The summed E-state index contributed by atoms with van der Waals surface area (Å²) < 4.78 is 7.06. The summed E-state index contributed by atoms with van der Waals surface area (Å²) in [6, 6.07) is 9.81. The van der Waals surface area contributed by atoms with Crippen molar-refractivity contribution in [1.29, 1.82) is 0 Å². The second-order valence-corrected chi connectivity index (χ2v) is 5.64. The molecule has 0 amide bonds. The van der Waals surface area contributed by atoms with Crippen LogP contribution in [0.1, 0.15) is 22.3 Å². The highest BCUT2D eigenvalue weighted by Crippen LogP contribution is 2.24. The number of aromatic nitrogens is 2. The number of thiophene rings is 1. The molecule has 0 aliphatic carbocycles. The first-order valence-corrected chi connectivity index (χ1v) is 7.71. The van der Waals surface area contributed by atoms with Gasteiger partial charge in [0.15, 0.2) is 5.78 Å². The zero-order chi connectivity index (χ0) is 14.8. The van der Waals surface area contributed by atoms with Crippen molar-refractivity contribution in [3.05, 3.63) is 46.3 Å². The van der Waals surface area contributed by atoms with E-state index in [1.165, 1.54) is 11.3 Å². The van der Waals surface area contributed by atoms with Crippen LogP contribution in [0.3, 0.4) is 0 Å². The summed E-state index contributed by atoms with van der Waals surface area (Å²) in [5.41, 5.74) is 1.91. The van der Waals surface area contributed by atoms with Gasteiger partial charge < -0.3 is 4.74 Å². The highest BCUT2D eigenvalue weighted by molar-refractivity contribution is 7.12. The van der Waals surface area contributed by atoms with Crippen LogP contribution in [-0.2, 0) is 13.0 Å². The third-order valence-electron chi connectivity index (χ3n) is 3.45. The molecule has 1 aromatic carbocycles. The van der Waals surface area contributed by atoms with Crippen LogP contribution in [0, 0.1) is 0 Å². The van der Waals surface area contributed by atoms with Crippen LogP contribution in [0.2, 0.25) is 0 Å². The van der Waals surface area contributed by atoms with Gasteiger partial charge in [-0.25, -0.2) is 0 Å². The second kappa shape index (κ2) is 5.69. The number of hydrogen-bond donors (Lipinski definition) is 0. The van der Waals surface area contributed by atoms with Gasteiger partial charge in [-0.2, -0.15) is 5.10 Å². The van der Waals surface area contributed by atoms with E-state index in [2.05, 4.69) is 12.0 Å². The van der Waals surface area contributed by atoms with Gasteiger partial charge in [-0.15, -0.1) is 11.3 Å². The predicted molar refractivity (Wildman–Crippen MR) is 84.3 cm³/mol. The van der Waals surface area contributed by atoms with Gasteiger partial charge in [0.2, 0.25) is 0 Å². The van der Waals surface area contributed by atoms with Crippen LogP contribution in [0.5, 0.6) is 5.75 Å². The smallest absolute Gasteiger partial charge is 0.178 e. The van der Waals surface area contributed by atoms with Crippen LogP contribution < -0.4 is 4.74 Å². The number of aryl methyl sites for hydroxylation is 1. The quantitative estimate of drug-likeness (QED) is 0.677. The van der Waals surface area contributed by atoms with E-state index >= 15 is 0 Å². The van der Waals surface area contributed by atoms with Gasteiger partial charge in [0.25, 0.3) is 0 Å². The lowest BCUT2D eigenvalue weighted by atomic mass is 10.1. The van der Waals surface area contributed by atoms with Crippen molar-refractivity contribution in [2.75, 3.05) is 7.11 Å². The average Bonchev–Trinajstić information content (AvgIpc) is 3.12. The Balaban J connectivity index is 1.92. The molecule has 4 nitrogen and oxygen atoms in total. The van der Waals surface area contributed by atoms with E-state index in [0.717, 1.165) is 28.9 Å². The molecule has 0 aliphatic heterocycles. The number of carbonyl (C=O) groups excluding carboxylic acids is 1. The number of hydrogen-bond acceptors (Lipinski definition) is 4. The molecule has 0 saturated heterocycles. The fourth-order valence-corrected chi connectivity index (χ4v) is 3.17. The van der Waals surface area contributed by atoms with E-state index in [0.29, 0.717) is 11.3 Å². The molecule has 0 bridgehead atoms. The van der Waals surface area contributed by atoms with Gasteiger partial charge in [-0.3, -0.25) is 9.48 Å². The summed E-state index contributed by atoms with van der Waals surface area (Å²) in [7, 11) is 1.60. The maximum Gasteiger partial charge on any atom is 0.178 e. The lowest BCUT2D eigenvalue weighted by molar-refractivity contribution is 0.0995. The normalized spacial score (nSPS) is 11.0.